The van der Waals surface area contributed by atoms with Gasteiger partial charge >= 0.3 is 0 Å². The van der Waals surface area contributed by atoms with Gasteiger partial charge in [0, 0.05) is 19.2 Å². The number of nitrogens with zero attached hydrogens (tertiary/aromatic N) is 1. The zero-order chi connectivity index (χ0) is 25.7. The third-order valence-electron chi connectivity index (χ3n) is 5.95. The Morgan fingerprint density at radius 2 is 1.72 bits per heavy atom. The highest BCUT2D eigenvalue weighted by Gasteiger charge is 2.45. The van der Waals surface area contributed by atoms with Crippen LogP contribution in [0.2, 0.25) is 0 Å². The Labute approximate surface area is 208 Å². The molecule has 0 bridgehead atoms. The lowest BCUT2D eigenvalue weighted by Gasteiger charge is -2.25. The SMILES string of the molecule is COCCN1C(=O)C(=O)C(=C(O)c2ccc(OC)c(F)c2)C1c1ccc(OCc2ccccc2)cc1. The molecule has 0 saturated carbocycles. The highest BCUT2D eigenvalue weighted by Crippen LogP contribution is 2.40. The summed E-state index contributed by atoms with van der Waals surface area (Å²) in [5, 5.41) is 11.1. The van der Waals surface area contributed by atoms with Crippen molar-refractivity contribution in [3.63, 3.8) is 0 Å². The van der Waals surface area contributed by atoms with Crippen LogP contribution < -0.4 is 9.47 Å². The summed E-state index contributed by atoms with van der Waals surface area (Å²) in [6.45, 7) is 0.709. The van der Waals surface area contributed by atoms with Gasteiger partial charge in [0.2, 0.25) is 0 Å². The number of hydrogen-bond acceptors (Lipinski definition) is 6. The van der Waals surface area contributed by atoms with E-state index in [2.05, 4.69) is 0 Å². The summed E-state index contributed by atoms with van der Waals surface area (Å²) in [6.07, 6.45) is 0. The fourth-order valence-electron chi connectivity index (χ4n) is 4.10. The first-order valence-corrected chi connectivity index (χ1v) is 11.3. The zero-order valence-corrected chi connectivity index (χ0v) is 19.9. The lowest BCUT2D eigenvalue weighted by Crippen LogP contribution is -2.32. The van der Waals surface area contributed by atoms with E-state index >= 15 is 0 Å². The van der Waals surface area contributed by atoms with Gasteiger partial charge in [-0.2, -0.15) is 0 Å². The molecule has 1 saturated heterocycles. The molecule has 1 aliphatic rings. The Bertz CT molecular complexity index is 1270. The number of amides is 1. The number of Topliss-reactive ketones (excluding diaryl/α,β-unsaturated/α-hetero) is 1. The van der Waals surface area contributed by atoms with Crippen molar-refractivity contribution in [2.45, 2.75) is 12.6 Å². The largest absolute Gasteiger partial charge is 0.507 e. The van der Waals surface area contributed by atoms with Crippen molar-refractivity contribution in [2.24, 2.45) is 0 Å². The van der Waals surface area contributed by atoms with Crippen molar-refractivity contribution in [3.05, 3.63) is 101 Å². The molecule has 1 N–H and O–H groups in total. The summed E-state index contributed by atoms with van der Waals surface area (Å²) in [5.74, 6) is -2.19. The number of ketones is 1. The molecule has 1 aliphatic heterocycles. The monoisotopic (exact) mass is 491 g/mol. The molecule has 1 atom stereocenters. The van der Waals surface area contributed by atoms with E-state index in [4.69, 9.17) is 14.2 Å². The van der Waals surface area contributed by atoms with Crippen LogP contribution in [0.4, 0.5) is 4.39 Å². The summed E-state index contributed by atoms with van der Waals surface area (Å²) in [7, 11) is 2.82. The molecule has 3 aromatic rings. The van der Waals surface area contributed by atoms with Crippen LogP contribution in [0.3, 0.4) is 0 Å². The molecule has 3 aromatic carbocycles. The van der Waals surface area contributed by atoms with Gasteiger partial charge in [-0.25, -0.2) is 4.39 Å². The van der Waals surface area contributed by atoms with Crippen molar-refractivity contribution in [1.82, 2.24) is 4.90 Å². The van der Waals surface area contributed by atoms with Gasteiger partial charge in [0.1, 0.15) is 18.1 Å². The Hall–Kier alpha value is -4.17. The van der Waals surface area contributed by atoms with Crippen LogP contribution in [0.5, 0.6) is 11.5 Å². The summed E-state index contributed by atoms with van der Waals surface area (Å²) in [6, 6.07) is 19.6. The van der Waals surface area contributed by atoms with Crippen molar-refractivity contribution in [3.8, 4) is 11.5 Å². The van der Waals surface area contributed by atoms with Crippen LogP contribution >= 0.6 is 0 Å². The van der Waals surface area contributed by atoms with Gasteiger partial charge in [-0.1, -0.05) is 42.5 Å². The number of aliphatic hydroxyl groups excluding tert-OH is 1. The van der Waals surface area contributed by atoms with E-state index in [9.17, 15) is 19.1 Å². The predicted octanol–water partition coefficient (Wildman–Crippen LogP) is 4.48. The number of carbonyl (C=O) groups excluding carboxylic acids is 2. The molecule has 1 unspecified atom stereocenters. The molecule has 1 amide bonds. The first-order valence-electron chi connectivity index (χ1n) is 11.3. The highest BCUT2D eigenvalue weighted by molar-refractivity contribution is 6.46. The number of hydrogen-bond donors (Lipinski definition) is 1. The second kappa shape index (κ2) is 11.0. The number of benzene rings is 3. The first-order chi connectivity index (χ1) is 17.4. The van der Waals surface area contributed by atoms with E-state index in [0.29, 0.717) is 17.9 Å². The van der Waals surface area contributed by atoms with E-state index in [1.807, 2.05) is 30.3 Å². The Kier molecular flexibility index (Phi) is 7.65. The number of halogens is 1. The number of ether oxygens (including phenoxy) is 3. The predicted molar refractivity (Wildman–Crippen MR) is 131 cm³/mol. The van der Waals surface area contributed by atoms with Crippen molar-refractivity contribution in [2.75, 3.05) is 27.4 Å². The maximum absolute atomic E-state index is 14.3. The van der Waals surface area contributed by atoms with Crippen molar-refractivity contribution in [1.29, 1.82) is 0 Å². The summed E-state index contributed by atoms with van der Waals surface area (Å²) >= 11 is 0. The normalized spacial score (nSPS) is 16.9. The van der Waals surface area contributed by atoms with Crippen LogP contribution in [0.25, 0.3) is 5.76 Å². The molecule has 7 nitrogen and oxygen atoms in total. The van der Waals surface area contributed by atoms with Crippen LogP contribution in [0.15, 0.2) is 78.4 Å². The molecular formula is C28H26FNO6. The Balaban J connectivity index is 1.69. The minimum Gasteiger partial charge on any atom is -0.507 e. The molecule has 0 aromatic heterocycles. The van der Waals surface area contributed by atoms with Crippen LogP contribution in [-0.2, 0) is 20.9 Å². The third kappa shape index (κ3) is 5.08. The van der Waals surface area contributed by atoms with E-state index in [0.717, 1.165) is 11.6 Å². The van der Waals surface area contributed by atoms with E-state index < -0.39 is 29.3 Å². The molecule has 4 rings (SSSR count). The van der Waals surface area contributed by atoms with Crippen molar-refractivity contribution < 1.29 is 33.3 Å². The molecule has 0 spiro atoms. The highest BCUT2D eigenvalue weighted by atomic mass is 19.1. The van der Waals surface area contributed by atoms with Gasteiger partial charge in [0.15, 0.2) is 11.6 Å². The van der Waals surface area contributed by atoms with E-state index in [1.54, 1.807) is 24.3 Å². The summed E-state index contributed by atoms with van der Waals surface area (Å²) in [4.78, 5) is 27.3. The molecule has 8 heteroatoms. The Morgan fingerprint density at radius 1 is 1.00 bits per heavy atom. The smallest absolute Gasteiger partial charge is 0.295 e. The fourth-order valence-corrected chi connectivity index (χ4v) is 4.10. The molecule has 0 aliphatic carbocycles. The lowest BCUT2D eigenvalue weighted by atomic mass is 9.95. The standard InChI is InChI=1S/C28H26FNO6/c1-34-15-14-30-25(19-8-11-21(12-9-19)36-17-18-6-4-3-5-7-18)24(27(32)28(30)33)26(31)20-10-13-23(35-2)22(29)16-20/h3-13,16,25,31H,14-15,17H2,1-2H3. The number of methoxy groups -OCH3 is 2. The molecule has 1 fully saturated rings. The van der Waals surface area contributed by atoms with Crippen LogP contribution in [0.1, 0.15) is 22.7 Å². The maximum atomic E-state index is 14.3. The van der Waals surface area contributed by atoms with Gasteiger partial charge in [-0.15, -0.1) is 0 Å². The average molecular weight is 492 g/mol. The van der Waals surface area contributed by atoms with Gasteiger partial charge in [-0.05, 0) is 41.5 Å². The molecular weight excluding hydrogens is 465 g/mol. The van der Waals surface area contributed by atoms with Gasteiger partial charge in [0.25, 0.3) is 11.7 Å². The van der Waals surface area contributed by atoms with Gasteiger partial charge in [0.05, 0.1) is 25.3 Å². The average Bonchev–Trinajstić information content (AvgIpc) is 3.16. The second-order valence-electron chi connectivity index (χ2n) is 8.18. The van der Waals surface area contributed by atoms with Gasteiger partial charge in [-0.3, -0.25) is 9.59 Å². The van der Waals surface area contributed by atoms with Crippen LogP contribution in [-0.4, -0.2) is 49.1 Å². The number of likely N-dealkylation sites (tertiary alicyclic amines) is 1. The summed E-state index contributed by atoms with van der Waals surface area (Å²) < 4.78 is 30.2. The Morgan fingerprint density at radius 3 is 2.36 bits per heavy atom. The van der Waals surface area contributed by atoms with Gasteiger partial charge < -0.3 is 24.2 Å². The molecule has 186 valence electrons. The number of aliphatic hydroxyl groups is 1. The maximum Gasteiger partial charge on any atom is 0.295 e. The summed E-state index contributed by atoms with van der Waals surface area (Å²) in [5.41, 5.74) is 1.54. The second-order valence-corrected chi connectivity index (χ2v) is 8.18. The van der Waals surface area contributed by atoms with Crippen LogP contribution in [0, 0.1) is 5.82 Å². The minimum atomic E-state index is -0.881. The minimum absolute atomic E-state index is 0.00487. The first kappa shape index (κ1) is 24.9. The third-order valence-corrected chi connectivity index (χ3v) is 5.95. The van der Waals surface area contributed by atoms with E-state index in [-0.39, 0.29) is 30.0 Å². The molecule has 1 heterocycles. The quantitative estimate of drug-likeness (QED) is 0.270. The number of rotatable bonds is 9. The molecule has 0 radical (unpaired) electrons. The van der Waals surface area contributed by atoms with Crippen molar-refractivity contribution >= 4 is 17.4 Å². The molecule has 36 heavy (non-hydrogen) atoms. The number of carbonyl (C=O) groups is 2. The lowest BCUT2D eigenvalue weighted by molar-refractivity contribution is -0.140. The zero-order valence-electron chi connectivity index (χ0n) is 19.9. The fraction of sp³-hybridized carbons (Fsp3) is 0.214. The topological polar surface area (TPSA) is 85.3 Å². The van der Waals surface area contributed by atoms with E-state index in [1.165, 1.54) is 31.3 Å².